The van der Waals surface area contributed by atoms with Crippen LogP contribution in [0.1, 0.15) is 40.4 Å². The molecule has 1 fully saturated rings. The molecule has 2 N–H and O–H groups in total. The summed E-state index contributed by atoms with van der Waals surface area (Å²) >= 11 is 0. The number of carbonyl (C=O) groups excluding carboxylic acids is 1. The Bertz CT molecular complexity index is 1340. The highest BCUT2D eigenvalue weighted by Crippen LogP contribution is 2.41. The van der Waals surface area contributed by atoms with Gasteiger partial charge in [-0.2, -0.15) is 0 Å². The molecule has 0 radical (unpaired) electrons. The Labute approximate surface area is 204 Å². The molecule has 178 valence electrons. The maximum atomic E-state index is 13.9. The van der Waals surface area contributed by atoms with E-state index in [0.717, 1.165) is 40.8 Å². The van der Waals surface area contributed by atoms with Crippen LogP contribution < -0.4 is 14.8 Å². The predicted octanol–water partition coefficient (Wildman–Crippen LogP) is 5.16. The fraction of sp³-hybridized carbons (Fsp3) is 0.276. The second kappa shape index (κ2) is 9.21. The number of Topliss-reactive ketones (excluding diaryl/α,β-unsaturated/α-hetero) is 1. The Morgan fingerprint density at radius 3 is 2.57 bits per heavy atom. The summed E-state index contributed by atoms with van der Waals surface area (Å²) in [5, 5.41) is 4.62. The fourth-order valence-electron chi connectivity index (χ4n) is 5.29. The van der Waals surface area contributed by atoms with Gasteiger partial charge in [0.05, 0.1) is 6.04 Å². The normalized spacial score (nSPS) is 17.4. The number of nitrogens with one attached hydrogen (secondary N) is 2. The molecule has 1 aromatic heterocycles. The van der Waals surface area contributed by atoms with Gasteiger partial charge >= 0.3 is 0 Å². The van der Waals surface area contributed by atoms with Crippen molar-refractivity contribution in [2.75, 3.05) is 26.6 Å². The summed E-state index contributed by atoms with van der Waals surface area (Å²) < 4.78 is 16.9. The van der Waals surface area contributed by atoms with Crippen LogP contribution in [0.25, 0.3) is 10.9 Å². The lowest BCUT2D eigenvalue weighted by Crippen LogP contribution is -2.45. The number of ketones is 1. The third-order valence-corrected chi connectivity index (χ3v) is 7.33. The van der Waals surface area contributed by atoms with Crippen LogP contribution in [0.5, 0.6) is 11.5 Å². The lowest BCUT2D eigenvalue weighted by atomic mass is 9.73. The van der Waals surface area contributed by atoms with E-state index in [2.05, 4.69) is 22.4 Å². The van der Waals surface area contributed by atoms with Gasteiger partial charge < -0.3 is 24.5 Å². The number of carbonyl (C=O) groups is 1. The minimum absolute atomic E-state index is 0.0570. The van der Waals surface area contributed by atoms with Crippen LogP contribution in [0.15, 0.2) is 79.0 Å². The second-order valence-corrected chi connectivity index (χ2v) is 9.30. The molecule has 4 aromatic rings. The lowest BCUT2D eigenvalue weighted by Gasteiger charge is -2.39. The Morgan fingerprint density at radius 1 is 0.943 bits per heavy atom. The van der Waals surface area contributed by atoms with Crippen LogP contribution in [0, 0.1) is 0 Å². The number of aromatic amines is 1. The van der Waals surface area contributed by atoms with Crippen LogP contribution in [0.2, 0.25) is 0 Å². The van der Waals surface area contributed by atoms with E-state index in [9.17, 15) is 4.79 Å². The lowest BCUT2D eigenvalue weighted by molar-refractivity contribution is 0.0485. The molecule has 0 aliphatic carbocycles. The largest absolute Gasteiger partial charge is 0.454 e. The molecule has 0 amide bonds. The molecule has 1 atom stereocenters. The fourth-order valence-corrected chi connectivity index (χ4v) is 5.29. The van der Waals surface area contributed by atoms with Crippen LogP contribution >= 0.6 is 0 Å². The number of ether oxygens (including phenoxy) is 3. The van der Waals surface area contributed by atoms with E-state index in [1.54, 1.807) is 0 Å². The number of H-pyrrole nitrogens is 1. The number of benzene rings is 3. The number of hydrogen-bond acceptors (Lipinski definition) is 5. The summed E-state index contributed by atoms with van der Waals surface area (Å²) in [6.07, 6.45) is 3.55. The summed E-state index contributed by atoms with van der Waals surface area (Å²) in [4.78, 5) is 17.2. The van der Waals surface area contributed by atoms with Crippen molar-refractivity contribution < 1.29 is 19.0 Å². The molecule has 3 aromatic carbocycles. The number of aromatic nitrogens is 1. The molecule has 0 saturated carbocycles. The molecule has 0 spiro atoms. The van der Waals surface area contributed by atoms with Gasteiger partial charge in [0.2, 0.25) is 6.79 Å². The Hall–Kier alpha value is -3.61. The van der Waals surface area contributed by atoms with Crippen molar-refractivity contribution in [2.45, 2.75) is 24.3 Å². The van der Waals surface area contributed by atoms with Crippen molar-refractivity contribution >= 4 is 16.7 Å². The van der Waals surface area contributed by atoms with Crippen molar-refractivity contribution in [3.8, 4) is 11.5 Å². The Balaban J connectivity index is 1.34. The highest BCUT2D eigenvalue weighted by molar-refractivity contribution is 6.10. The Kier molecular flexibility index (Phi) is 5.76. The number of para-hydroxylation sites is 1. The summed E-state index contributed by atoms with van der Waals surface area (Å²) in [5.41, 5.74) is 3.63. The summed E-state index contributed by atoms with van der Waals surface area (Å²) in [5.74, 6) is 1.62. The van der Waals surface area contributed by atoms with E-state index >= 15 is 0 Å². The molecule has 1 saturated heterocycles. The SMILES string of the molecule is O=C(c1c[nH]c2ccccc12)C(NCC1(c2ccc3c(c2)OCO3)CCOCC1)c1ccccc1. The smallest absolute Gasteiger partial charge is 0.231 e. The zero-order valence-corrected chi connectivity index (χ0v) is 19.5. The van der Waals surface area contributed by atoms with Crippen molar-refractivity contribution in [2.24, 2.45) is 0 Å². The first kappa shape index (κ1) is 21.9. The molecule has 6 nitrogen and oxygen atoms in total. The van der Waals surface area contributed by atoms with E-state index < -0.39 is 6.04 Å². The number of rotatable bonds is 7. The van der Waals surface area contributed by atoms with Gasteiger partial charge in [0, 0.05) is 47.8 Å². The van der Waals surface area contributed by atoms with Crippen molar-refractivity contribution in [1.82, 2.24) is 10.3 Å². The van der Waals surface area contributed by atoms with E-state index in [4.69, 9.17) is 14.2 Å². The third-order valence-electron chi connectivity index (χ3n) is 7.33. The molecular weight excluding hydrogens is 440 g/mol. The molecule has 3 heterocycles. The van der Waals surface area contributed by atoms with E-state index in [0.29, 0.717) is 25.3 Å². The number of fused-ring (bicyclic) bond motifs is 2. The van der Waals surface area contributed by atoms with Crippen molar-refractivity contribution in [1.29, 1.82) is 0 Å². The third kappa shape index (κ3) is 4.09. The topological polar surface area (TPSA) is 72.6 Å². The van der Waals surface area contributed by atoms with Gasteiger partial charge in [-0.3, -0.25) is 4.79 Å². The quantitative estimate of drug-likeness (QED) is 0.367. The molecule has 1 unspecified atom stereocenters. The number of hydrogen-bond donors (Lipinski definition) is 2. The minimum atomic E-state index is -0.468. The Morgan fingerprint density at radius 2 is 1.71 bits per heavy atom. The highest BCUT2D eigenvalue weighted by atomic mass is 16.7. The van der Waals surface area contributed by atoms with Crippen molar-refractivity contribution in [3.05, 3.63) is 95.7 Å². The first-order chi connectivity index (χ1) is 17.2. The average Bonchev–Trinajstić information content (AvgIpc) is 3.56. The first-order valence-electron chi connectivity index (χ1n) is 12.1. The molecule has 6 rings (SSSR count). The highest BCUT2D eigenvalue weighted by Gasteiger charge is 2.37. The van der Waals surface area contributed by atoms with E-state index in [-0.39, 0.29) is 18.0 Å². The maximum Gasteiger partial charge on any atom is 0.231 e. The first-order valence-corrected chi connectivity index (χ1v) is 12.1. The summed E-state index contributed by atoms with van der Waals surface area (Å²) in [7, 11) is 0. The average molecular weight is 469 g/mol. The molecule has 2 aliphatic rings. The van der Waals surface area contributed by atoms with Crippen molar-refractivity contribution in [3.63, 3.8) is 0 Å². The van der Waals surface area contributed by atoms with Crippen LogP contribution in [-0.2, 0) is 10.2 Å². The zero-order valence-electron chi connectivity index (χ0n) is 19.5. The van der Waals surface area contributed by atoms with Gasteiger partial charge in [-0.15, -0.1) is 0 Å². The standard InChI is InChI=1S/C29H28N2O4/c32-28(23-17-30-24-9-5-4-8-22(23)24)27(20-6-2-1-3-7-20)31-18-29(12-14-33-15-13-29)21-10-11-25-26(16-21)35-19-34-25/h1-11,16-17,27,30-31H,12-15,18-19H2. The molecular formula is C29H28N2O4. The summed E-state index contributed by atoms with van der Waals surface area (Å²) in [6.45, 7) is 2.26. The van der Waals surface area contributed by atoms with Gasteiger partial charge in [-0.1, -0.05) is 54.6 Å². The molecule has 35 heavy (non-hydrogen) atoms. The van der Waals surface area contributed by atoms with Crippen LogP contribution in [0.4, 0.5) is 0 Å². The molecule has 2 aliphatic heterocycles. The van der Waals surface area contributed by atoms with E-state index in [1.165, 1.54) is 5.56 Å². The predicted molar refractivity (Wildman–Crippen MR) is 134 cm³/mol. The minimum Gasteiger partial charge on any atom is -0.454 e. The maximum absolute atomic E-state index is 13.9. The van der Waals surface area contributed by atoms with Gasteiger partial charge in [-0.25, -0.2) is 0 Å². The van der Waals surface area contributed by atoms with Crippen LogP contribution in [-0.4, -0.2) is 37.3 Å². The van der Waals surface area contributed by atoms with Gasteiger partial charge in [-0.05, 0) is 42.2 Å². The summed E-state index contributed by atoms with van der Waals surface area (Å²) in [6, 6.07) is 23.6. The second-order valence-electron chi connectivity index (χ2n) is 9.30. The molecule has 6 heteroatoms. The zero-order chi connectivity index (χ0) is 23.7. The molecule has 0 bridgehead atoms. The van der Waals surface area contributed by atoms with Crippen LogP contribution in [0.3, 0.4) is 0 Å². The van der Waals surface area contributed by atoms with Gasteiger partial charge in [0.25, 0.3) is 0 Å². The monoisotopic (exact) mass is 468 g/mol. The van der Waals surface area contributed by atoms with E-state index in [1.807, 2.05) is 66.9 Å². The van der Waals surface area contributed by atoms with Gasteiger partial charge in [0.15, 0.2) is 17.3 Å². The van der Waals surface area contributed by atoms with Gasteiger partial charge in [0.1, 0.15) is 0 Å².